The summed E-state index contributed by atoms with van der Waals surface area (Å²) in [5.41, 5.74) is 0.533. The van der Waals surface area contributed by atoms with Crippen molar-refractivity contribution in [2.75, 3.05) is 0 Å². The molecule has 1 aliphatic rings. The lowest BCUT2D eigenvalue weighted by Gasteiger charge is -2.09. The minimum atomic E-state index is -1.34. The number of carbonyl (C=O) groups is 1. The smallest absolute Gasteiger partial charge is 0.298 e. The molecule has 0 radical (unpaired) electrons. The average molecular weight is 193 g/mol. The summed E-state index contributed by atoms with van der Waals surface area (Å²) in [4.78, 5) is 11.9. The van der Waals surface area contributed by atoms with Crippen molar-refractivity contribution >= 4 is 6.16 Å². The summed E-state index contributed by atoms with van der Waals surface area (Å²) < 4.78 is 12.6. The lowest BCUT2D eigenvalue weighted by atomic mass is 9.98. The summed E-state index contributed by atoms with van der Waals surface area (Å²) in [7, 11) is 0. The molecule has 1 aliphatic heterocycles. The molecule has 1 amide bonds. The summed E-state index contributed by atoms with van der Waals surface area (Å²) in [6.45, 7) is 3.73. The fraction of sp³-hybridized carbons (Fsp3) is 0.364. The van der Waals surface area contributed by atoms with Crippen LogP contribution >= 0.6 is 0 Å². The maximum atomic E-state index is 12.6. The van der Waals surface area contributed by atoms with Crippen molar-refractivity contribution in [1.82, 2.24) is 4.90 Å². The van der Waals surface area contributed by atoms with Crippen LogP contribution in [0.2, 0.25) is 0 Å². The van der Waals surface area contributed by atoms with Crippen LogP contribution in [0.1, 0.15) is 19.4 Å². The second-order valence-corrected chi connectivity index (χ2v) is 3.81. The Morgan fingerprint density at radius 2 is 2.00 bits per heavy atom. The predicted molar refractivity (Wildman–Crippen MR) is 51.6 cm³/mol. The summed E-state index contributed by atoms with van der Waals surface area (Å²) in [5, 5.41) is 0. The van der Waals surface area contributed by atoms with Crippen LogP contribution in [0.3, 0.4) is 0 Å². The zero-order chi connectivity index (χ0) is 10.3. The summed E-state index contributed by atoms with van der Waals surface area (Å²) in [6.07, 6.45) is -1.34. The van der Waals surface area contributed by atoms with Crippen molar-refractivity contribution < 1.29 is 9.18 Å². The van der Waals surface area contributed by atoms with Crippen molar-refractivity contribution in [3.63, 3.8) is 0 Å². The molecule has 2 nitrogen and oxygen atoms in total. The lowest BCUT2D eigenvalue weighted by Crippen LogP contribution is -2.14. The molecule has 1 fully saturated rings. The van der Waals surface area contributed by atoms with Crippen LogP contribution in [0.4, 0.5) is 9.18 Å². The van der Waals surface area contributed by atoms with Crippen LogP contribution in [0.25, 0.3) is 0 Å². The molecule has 0 saturated carbocycles. The molecule has 1 aromatic rings. The number of carbonyl (C=O) groups excluding carboxylic acids is 1. The molecule has 14 heavy (non-hydrogen) atoms. The van der Waals surface area contributed by atoms with Gasteiger partial charge in [-0.15, -0.1) is 4.39 Å². The quantitative estimate of drug-likeness (QED) is 0.381. The minimum absolute atomic E-state index is 0.0533. The molecular weight excluding hydrogens is 181 g/mol. The van der Waals surface area contributed by atoms with Crippen molar-refractivity contribution in [1.29, 1.82) is 0 Å². The van der Waals surface area contributed by atoms with E-state index in [0.717, 1.165) is 5.56 Å². The first-order chi connectivity index (χ1) is 6.58. The van der Waals surface area contributed by atoms with E-state index < -0.39 is 11.7 Å². The molecule has 2 atom stereocenters. The molecule has 1 heterocycles. The molecule has 2 rings (SSSR count). The Balaban J connectivity index is 2.33. The summed E-state index contributed by atoms with van der Waals surface area (Å²) in [5.74, 6) is 0. The van der Waals surface area contributed by atoms with Crippen molar-refractivity contribution in [3.8, 4) is 0 Å². The second kappa shape index (κ2) is 2.80. The third-order valence-electron chi connectivity index (χ3n) is 3.18. The van der Waals surface area contributed by atoms with Gasteiger partial charge in [0.25, 0.3) is 0 Å². The first kappa shape index (κ1) is 9.19. The summed E-state index contributed by atoms with van der Waals surface area (Å²) in [6, 6.07) is 9.47. The zero-order valence-electron chi connectivity index (χ0n) is 8.20. The number of rotatable bonds is 1. The number of amides is 1. The minimum Gasteiger partial charge on any atom is -0.298 e. The van der Waals surface area contributed by atoms with E-state index in [1.54, 1.807) is 0 Å². The Morgan fingerprint density at radius 1 is 1.43 bits per heavy atom. The second-order valence-electron chi connectivity index (χ2n) is 3.81. The van der Waals surface area contributed by atoms with Crippen molar-refractivity contribution in [2.24, 2.45) is 0 Å². The summed E-state index contributed by atoms with van der Waals surface area (Å²) >= 11 is 0. The van der Waals surface area contributed by atoms with Gasteiger partial charge >= 0.3 is 6.16 Å². The van der Waals surface area contributed by atoms with Gasteiger partial charge in [0.05, 0.1) is 11.6 Å². The molecule has 0 aliphatic carbocycles. The highest BCUT2D eigenvalue weighted by molar-refractivity contribution is 5.73. The number of benzene rings is 1. The first-order valence-corrected chi connectivity index (χ1v) is 4.63. The molecule has 0 bridgehead atoms. The Hall–Kier alpha value is -1.38. The molecule has 0 N–H and O–H groups in total. The van der Waals surface area contributed by atoms with E-state index in [1.165, 1.54) is 4.90 Å². The normalized spacial score (nSPS) is 30.2. The van der Waals surface area contributed by atoms with Gasteiger partial charge in [-0.1, -0.05) is 30.3 Å². The number of nitrogens with zero attached hydrogens (tertiary/aromatic N) is 1. The van der Waals surface area contributed by atoms with E-state index in [0.29, 0.717) is 0 Å². The fourth-order valence-electron chi connectivity index (χ4n) is 2.05. The Bertz CT molecular complexity index is 365. The molecule has 1 aromatic carbocycles. The first-order valence-electron chi connectivity index (χ1n) is 4.63. The van der Waals surface area contributed by atoms with E-state index in [4.69, 9.17) is 0 Å². The van der Waals surface area contributed by atoms with Gasteiger partial charge in [0.15, 0.2) is 0 Å². The van der Waals surface area contributed by atoms with E-state index in [2.05, 4.69) is 0 Å². The van der Waals surface area contributed by atoms with Crippen molar-refractivity contribution in [2.45, 2.75) is 25.4 Å². The van der Waals surface area contributed by atoms with Gasteiger partial charge < -0.3 is 0 Å². The van der Waals surface area contributed by atoms with Crippen LogP contribution in [-0.2, 0) is 5.54 Å². The van der Waals surface area contributed by atoms with Crippen LogP contribution in [0.15, 0.2) is 30.3 Å². The van der Waals surface area contributed by atoms with E-state index in [9.17, 15) is 9.18 Å². The number of hydrogen-bond acceptors (Lipinski definition) is 1. The van der Waals surface area contributed by atoms with Crippen LogP contribution < -0.4 is 0 Å². The van der Waals surface area contributed by atoms with E-state index >= 15 is 0 Å². The maximum absolute atomic E-state index is 12.6. The molecule has 74 valence electrons. The third-order valence-corrected chi connectivity index (χ3v) is 3.18. The van der Waals surface area contributed by atoms with E-state index in [1.807, 2.05) is 44.2 Å². The highest BCUT2D eigenvalue weighted by Crippen LogP contribution is 2.49. The van der Waals surface area contributed by atoms with Crippen LogP contribution in [0.5, 0.6) is 0 Å². The molecule has 1 saturated heterocycles. The zero-order valence-corrected chi connectivity index (χ0v) is 8.20. The monoisotopic (exact) mass is 193 g/mol. The molecule has 2 unspecified atom stereocenters. The molecular formula is C11H12FNO. The SMILES string of the molecule is CC1N(C(=O)F)C1(C)c1ccccc1. The van der Waals surface area contributed by atoms with Gasteiger partial charge in [-0.25, -0.2) is 4.79 Å². The topological polar surface area (TPSA) is 20.1 Å². The third kappa shape index (κ3) is 1.05. The highest BCUT2D eigenvalue weighted by Gasteiger charge is 2.60. The maximum Gasteiger partial charge on any atom is 0.401 e. The lowest BCUT2D eigenvalue weighted by molar-refractivity contribution is 0.199. The molecule has 0 aromatic heterocycles. The van der Waals surface area contributed by atoms with E-state index in [-0.39, 0.29) is 6.04 Å². The van der Waals surface area contributed by atoms with Gasteiger partial charge in [-0.3, -0.25) is 4.90 Å². The molecule has 3 heteroatoms. The number of hydrogen-bond donors (Lipinski definition) is 0. The number of halogens is 1. The van der Waals surface area contributed by atoms with Gasteiger partial charge in [0, 0.05) is 0 Å². The Kier molecular flexibility index (Phi) is 1.84. The predicted octanol–water partition coefficient (Wildman–Crippen LogP) is 2.70. The Morgan fingerprint density at radius 3 is 2.43 bits per heavy atom. The largest absolute Gasteiger partial charge is 0.401 e. The van der Waals surface area contributed by atoms with Gasteiger partial charge in [-0.05, 0) is 19.4 Å². The standard InChI is InChI=1S/C11H12FNO/c1-8-11(2,13(8)10(12)14)9-6-4-3-5-7-9/h3-8H,1-2H3. The fourth-order valence-corrected chi connectivity index (χ4v) is 2.05. The van der Waals surface area contributed by atoms with Crippen LogP contribution in [0, 0.1) is 0 Å². The van der Waals surface area contributed by atoms with Gasteiger partial charge in [0.1, 0.15) is 0 Å². The van der Waals surface area contributed by atoms with Gasteiger partial charge in [0.2, 0.25) is 0 Å². The van der Waals surface area contributed by atoms with Crippen LogP contribution in [-0.4, -0.2) is 17.1 Å². The average Bonchev–Trinajstić information content (AvgIpc) is 2.72. The Labute approximate surface area is 82.3 Å². The molecule has 0 spiro atoms. The van der Waals surface area contributed by atoms with Gasteiger partial charge in [-0.2, -0.15) is 0 Å². The van der Waals surface area contributed by atoms with Crippen molar-refractivity contribution in [3.05, 3.63) is 35.9 Å². The highest BCUT2D eigenvalue weighted by atomic mass is 19.1.